The summed E-state index contributed by atoms with van der Waals surface area (Å²) in [6.45, 7) is 0. The number of nitrogens with zero attached hydrogens (tertiary/aromatic N) is 1. The minimum absolute atomic E-state index is 0.0973. The first-order chi connectivity index (χ1) is 6.07. The third-order valence-electron chi connectivity index (χ3n) is 1.44. The standard InChI is InChI=1S/C7H4BrClF2IN/c8-1-4-5(7(10)11)6(9)3(12)2-13-4/h2,7H,1H2. The molecule has 0 aliphatic carbocycles. The summed E-state index contributed by atoms with van der Waals surface area (Å²) in [4.78, 5) is 3.86. The Kier molecular flexibility index (Phi) is 4.31. The Morgan fingerprint density at radius 3 is 2.69 bits per heavy atom. The Morgan fingerprint density at radius 2 is 2.23 bits per heavy atom. The van der Waals surface area contributed by atoms with E-state index >= 15 is 0 Å². The first-order valence-electron chi connectivity index (χ1n) is 3.24. The molecular weight excluding hydrogens is 378 g/mol. The molecular formula is C7H4BrClF2IN. The molecule has 0 spiro atoms. The van der Waals surface area contributed by atoms with Crippen LogP contribution in [0.15, 0.2) is 6.20 Å². The number of pyridine rings is 1. The normalized spacial score (nSPS) is 10.9. The molecule has 1 rings (SSSR count). The molecule has 72 valence electrons. The van der Waals surface area contributed by atoms with Crippen molar-refractivity contribution < 1.29 is 8.78 Å². The maximum atomic E-state index is 12.5. The second kappa shape index (κ2) is 4.84. The van der Waals surface area contributed by atoms with Crippen molar-refractivity contribution in [2.24, 2.45) is 0 Å². The molecule has 0 aromatic carbocycles. The predicted octanol–water partition coefficient (Wildman–Crippen LogP) is 4.17. The highest BCUT2D eigenvalue weighted by molar-refractivity contribution is 14.1. The van der Waals surface area contributed by atoms with Crippen molar-refractivity contribution in [2.75, 3.05) is 0 Å². The maximum Gasteiger partial charge on any atom is 0.267 e. The number of hydrogen-bond acceptors (Lipinski definition) is 1. The first kappa shape index (κ1) is 11.6. The van der Waals surface area contributed by atoms with Crippen LogP contribution in [0.5, 0.6) is 0 Å². The Labute approximate surface area is 101 Å². The van der Waals surface area contributed by atoms with Gasteiger partial charge in [0.05, 0.1) is 19.9 Å². The molecule has 0 saturated heterocycles. The van der Waals surface area contributed by atoms with Gasteiger partial charge in [-0.1, -0.05) is 27.5 Å². The van der Waals surface area contributed by atoms with Crippen LogP contribution in [0.1, 0.15) is 17.7 Å². The molecule has 6 heteroatoms. The van der Waals surface area contributed by atoms with Crippen LogP contribution in [-0.2, 0) is 5.33 Å². The van der Waals surface area contributed by atoms with Crippen molar-refractivity contribution in [3.63, 3.8) is 0 Å². The summed E-state index contributed by atoms with van der Waals surface area (Å²) in [6, 6.07) is 0. The summed E-state index contributed by atoms with van der Waals surface area (Å²) >= 11 is 10.7. The van der Waals surface area contributed by atoms with E-state index in [0.29, 0.717) is 9.26 Å². The Hall–Kier alpha value is 0.510. The van der Waals surface area contributed by atoms with Gasteiger partial charge in [0.15, 0.2) is 0 Å². The Morgan fingerprint density at radius 1 is 1.62 bits per heavy atom. The quantitative estimate of drug-likeness (QED) is 0.553. The van der Waals surface area contributed by atoms with Crippen LogP contribution in [0.25, 0.3) is 0 Å². The number of rotatable bonds is 2. The van der Waals surface area contributed by atoms with Crippen LogP contribution in [0.4, 0.5) is 8.78 Å². The van der Waals surface area contributed by atoms with Gasteiger partial charge >= 0.3 is 0 Å². The molecule has 0 aliphatic rings. The van der Waals surface area contributed by atoms with E-state index in [1.165, 1.54) is 6.20 Å². The van der Waals surface area contributed by atoms with E-state index in [4.69, 9.17) is 11.6 Å². The smallest absolute Gasteiger partial charge is 0.259 e. The van der Waals surface area contributed by atoms with Crippen molar-refractivity contribution in [1.29, 1.82) is 0 Å². The topological polar surface area (TPSA) is 12.9 Å². The fraction of sp³-hybridized carbons (Fsp3) is 0.286. The van der Waals surface area contributed by atoms with Crippen LogP contribution in [-0.4, -0.2) is 4.98 Å². The van der Waals surface area contributed by atoms with Gasteiger partial charge in [-0.25, -0.2) is 8.78 Å². The largest absolute Gasteiger partial charge is 0.267 e. The summed E-state index contributed by atoms with van der Waals surface area (Å²) in [7, 11) is 0. The molecule has 1 nitrogen and oxygen atoms in total. The van der Waals surface area contributed by atoms with E-state index in [9.17, 15) is 8.78 Å². The third kappa shape index (κ3) is 2.50. The minimum atomic E-state index is -2.58. The van der Waals surface area contributed by atoms with E-state index in [1.807, 2.05) is 22.6 Å². The van der Waals surface area contributed by atoms with Gasteiger partial charge in [0, 0.05) is 11.5 Å². The summed E-state index contributed by atoms with van der Waals surface area (Å²) < 4.78 is 25.6. The number of halogens is 5. The second-order valence-corrected chi connectivity index (χ2v) is 4.32. The van der Waals surface area contributed by atoms with E-state index in [0.717, 1.165) is 0 Å². The summed E-state index contributed by atoms with van der Waals surface area (Å²) in [6.07, 6.45) is -1.10. The maximum absolute atomic E-state index is 12.5. The number of alkyl halides is 3. The van der Waals surface area contributed by atoms with Crippen molar-refractivity contribution >= 4 is 50.1 Å². The fourth-order valence-corrected chi connectivity index (χ4v) is 1.96. The predicted molar refractivity (Wildman–Crippen MR) is 59.6 cm³/mol. The molecule has 0 unspecified atom stereocenters. The lowest BCUT2D eigenvalue weighted by Crippen LogP contribution is -1.98. The molecule has 1 aromatic heterocycles. The Bertz CT molecular complexity index is 322. The molecule has 0 N–H and O–H groups in total. The summed E-state index contributed by atoms with van der Waals surface area (Å²) in [5.41, 5.74) is 0.117. The van der Waals surface area contributed by atoms with E-state index in [-0.39, 0.29) is 15.9 Å². The molecule has 1 aromatic rings. The van der Waals surface area contributed by atoms with Gasteiger partial charge in [0.2, 0.25) is 0 Å². The lowest BCUT2D eigenvalue weighted by molar-refractivity contribution is 0.150. The van der Waals surface area contributed by atoms with E-state index in [2.05, 4.69) is 20.9 Å². The van der Waals surface area contributed by atoms with Gasteiger partial charge in [0.1, 0.15) is 0 Å². The Balaban J connectivity index is 3.32. The van der Waals surface area contributed by atoms with Crippen LogP contribution in [0, 0.1) is 3.57 Å². The third-order valence-corrected chi connectivity index (χ3v) is 3.51. The monoisotopic (exact) mass is 381 g/mol. The molecule has 0 aliphatic heterocycles. The zero-order valence-corrected chi connectivity index (χ0v) is 10.7. The van der Waals surface area contributed by atoms with Crippen LogP contribution >= 0.6 is 50.1 Å². The van der Waals surface area contributed by atoms with Gasteiger partial charge in [-0.05, 0) is 22.6 Å². The molecule has 13 heavy (non-hydrogen) atoms. The van der Waals surface area contributed by atoms with Crippen LogP contribution < -0.4 is 0 Å². The average Bonchev–Trinajstić information content (AvgIpc) is 2.08. The average molecular weight is 382 g/mol. The highest BCUT2D eigenvalue weighted by Gasteiger charge is 2.19. The fourth-order valence-electron chi connectivity index (χ4n) is 0.844. The van der Waals surface area contributed by atoms with Gasteiger partial charge in [-0.3, -0.25) is 4.98 Å². The molecule has 0 saturated carbocycles. The van der Waals surface area contributed by atoms with E-state index < -0.39 is 6.43 Å². The number of hydrogen-bond donors (Lipinski definition) is 0. The molecule has 0 bridgehead atoms. The van der Waals surface area contributed by atoms with Crippen molar-refractivity contribution in [3.05, 3.63) is 26.0 Å². The molecule has 0 radical (unpaired) electrons. The molecule has 0 fully saturated rings. The first-order valence-corrected chi connectivity index (χ1v) is 5.82. The highest BCUT2D eigenvalue weighted by atomic mass is 127. The second-order valence-electron chi connectivity index (χ2n) is 2.21. The zero-order chi connectivity index (χ0) is 10.0. The SMILES string of the molecule is FC(F)c1c(CBr)ncc(I)c1Cl. The number of aromatic nitrogens is 1. The lowest BCUT2D eigenvalue weighted by Gasteiger charge is -2.08. The van der Waals surface area contributed by atoms with Crippen molar-refractivity contribution in [3.8, 4) is 0 Å². The molecule has 1 heterocycles. The van der Waals surface area contributed by atoms with Crippen LogP contribution in [0.2, 0.25) is 5.02 Å². The van der Waals surface area contributed by atoms with Crippen molar-refractivity contribution in [2.45, 2.75) is 11.8 Å². The van der Waals surface area contributed by atoms with Crippen molar-refractivity contribution in [1.82, 2.24) is 4.98 Å². The van der Waals surface area contributed by atoms with Gasteiger partial charge in [-0.2, -0.15) is 0 Å². The molecule has 0 amide bonds. The van der Waals surface area contributed by atoms with Crippen LogP contribution in [0.3, 0.4) is 0 Å². The molecule has 0 atom stereocenters. The van der Waals surface area contributed by atoms with E-state index in [1.54, 1.807) is 0 Å². The minimum Gasteiger partial charge on any atom is -0.259 e. The van der Waals surface area contributed by atoms with Gasteiger partial charge < -0.3 is 0 Å². The zero-order valence-electron chi connectivity index (χ0n) is 6.20. The van der Waals surface area contributed by atoms with Gasteiger partial charge in [-0.15, -0.1) is 0 Å². The highest BCUT2D eigenvalue weighted by Crippen LogP contribution is 2.33. The summed E-state index contributed by atoms with van der Waals surface area (Å²) in [5.74, 6) is 0. The lowest BCUT2D eigenvalue weighted by atomic mass is 10.2. The van der Waals surface area contributed by atoms with Gasteiger partial charge in [0.25, 0.3) is 6.43 Å². The summed E-state index contributed by atoms with van der Waals surface area (Å²) in [5, 5.41) is 0.378.